The number of carbonyl (C=O) groups excluding carboxylic acids is 1. The number of carbonyl (C=O) groups is 3. The lowest BCUT2D eigenvalue weighted by atomic mass is 10.2. The summed E-state index contributed by atoms with van der Waals surface area (Å²) in [7, 11) is 0. The number of amides is 1. The van der Waals surface area contributed by atoms with Crippen LogP contribution in [0.4, 0.5) is 0 Å². The highest BCUT2D eigenvalue weighted by molar-refractivity contribution is 5.86. The average molecular weight is 295 g/mol. The summed E-state index contributed by atoms with van der Waals surface area (Å²) in [5, 5.41) is 19.5. The minimum Gasteiger partial charge on any atom is -0.493 e. The zero-order valence-electron chi connectivity index (χ0n) is 11.5. The first-order chi connectivity index (χ1) is 9.88. The van der Waals surface area contributed by atoms with Crippen molar-refractivity contribution in [2.75, 3.05) is 6.61 Å². The Labute approximate surface area is 121 Å². The van der Waals surface area contributed by atoms with E-state index in [2.05, 4.69) is 5.32 Å². The Hall–Kier alpha value is -2.57. The second-order valence-corrected chi connectivity index (χ2v) is 4.47. The number of rotatable bonds is 8. The fourth-order valence-corrected chi connectivity index (χ4v) is 1.54. The third-order valence-corrected chi connectivity index (χ3v) is 2.63. The van der Waals surface area contributed by atoms with Gasteiger partial charge in [0.15, 0.2) is 0 Å². The van der Waals surface area contributed by atoms with E-state index >= 15 is 0 Å². The van der Waals surface area contributed by atoms with E-state index in [0.29, 0.717) is 5.75 Å². The monoisotopic (exact) mass is 295 g/mol. The Bertz CT molecular complexity index is 511. The summed E-state index contributed by atoms with van der Waals surface area (Å²) in [6.45, 7) is 2.01. The van der Waals surface area contributed by atoms with Gasteiger partial charge in [-0.05, 0) is 19.1 Å². The van der Waals surface area contributed by atoms with Crippen LogP contribution >= 0.6 is 0 Å². The van der Waals surface area contributed by atoms with Crippen LogP contribution in [0.1, 0.15) is 18.4 Å². The molecule has 0 aliphatic rings. The lowest BCUT2D eigenvalue weighted by molar-refractivity contribution is -0.147. The molecular formula is C14H17NO6. The first kappa shape index (κ1) is 16.5. The molecule has 0 aromatic heterocycles. The average Bonchev–Trinajstić information content (AvgIpc) is 2.39. The van der Waals surface area contributed by atoms with Crippen LogP contribution < -0.4 is 10.1 Å². The molecule has 114 valence electrons. The Morgan fingerprint density at radius 1 is 1.19 bits per heavy atom. The van der Waals surface area contributed by atoms with E-state index in [9.17, 15) is 14.4 Å². The Morgan fingerprint density at radius 3 is 2.33 bits per heavy atom. The van der Waals surface area contributed by atoms with Crippen molar-refractivity contribution in [2.24, 2.45) is 0 Å². The van der Waals surface area contributed by atoms with E-state index in [1.165, 1.54) is 0 Å². The molecule has 1 atom stereocenters. The Kier molecular flexibility index (Phi) is 6.19. The van der Waals surface area contributed by atoms with Crippen LogP contribution in [0.3, 0.4) is 0 Å². The molecule has 0 saturated carbocycles. The lowest BCUT2D eigenvalue weighted by Crippen LogP contribution is -2.42. The molecular weight excluding hydrogens is 278 g/mol. The third kappa shape index (κ3) is 6.42. The zero-order valence-corrected chi connectivity index (χ0v) is 11.5. The number of hydrogen-bond donors (Lipinski definition) is 3. The maximum atomic E-state index is 11.5. The van der Waals surface area contributed by atoms with Gasteiger partial charge in [-0.25, -0.2) is 4.79 Å². The van der Waals surface area contributed by atoms with Gasteiger partial charge in [0.1, 0.15) is 11.8 Å². The summed E-state index contributed by atoms with van der Waals surface area (Å²) < 4.78 is 5.33. The van der Waals surface area contributed by atoms with Gasteiger partial charge in [0.25, 0.3) is 0 Å². The molecule has 0 radical (unpaired) electrons. The number of nitrogens with one attached hydrogen (secondary N) is 1. The minimum absolute atomic E-state index is 0.0583. The zero-order chi connectivity index (χ0) is 15.8. The van der Waals surface area contributed by atoms with Crippen molar-refractivity contribution in [2.45, 2.75) is 25.8 Å². The van der Waals surface area contributed by atoms with Crippen molar-refractivity contribution >= 4 is 17.8 Å². The Morgan fingerprint density at radius 2 is 1.81 bits per heavy atom. The molecule has 0 bridgehead atoms. The summed E-state index contributed by atoms with van der Waals surface area (Å²) in [6, 6.07) is 5.82. The highest BCUT2D eigenvalue weighted by Gasteiger charge is 2.22. The number of hydrogen-bond acceptors (Lipinski definition) is 4. The summed E-state index contributed by atoms with van der Waals surface area (Å²) in [6.07, 6.45) is -0.725. The number of carboxylic acid groups (broad SMARTS) is 2. The van der Waals surface area contributed by atoms with Gasteiger partial charge in [-0.15, -0.1) is 0 Å². The molecule has 1 rings (SSSR count). The van der Waals surface area contributed by atoms with E-state index in [4.69, 9.17) is 14.9 Å². The third-order valence-electron chi connectivity index (χ3n) is 2.63. The Balaban J connectivity index is 2.37. The smallest absolute Gasteiger partial charge is 0.326 e. The van der Waals surface area contributed by atoms with Gasteiger partial charge in [-0.2, -0.15) is 0 Å². The van der Waals surface area contributed by atoms with Gasteiger partial charge in [-0.1, -0.05) is 17.7 Å². The number of aryl methyl sites for hydroxylation is 1. The largest absolute Gasteiger partial charge is 0.493 e. The van der Waals surface area contributed by atoms with Crippen LogP contribution in [0.5, 0.6) is 5.75 Å². The van der Waals surface area contributed by atoms with E-state index in [-0.39, 0.29) is 13.0 Å². The number of carboxylic acids is 2. The van der Waals surface area contributed by atoms with Crippen LogP contribution in [0.2, 0.25) is 0 Å². The van der Waals surface area contributed by atoms with Crippen molar-refractivity contribution in [3.63, 3.8) is 0 Å². The molecule has 3 N–H and O–H groups in total. The lowest BCUT2D eigenvalue weighted by Gasteiger charge is -2.12. The SMILES string of the molecule is Cc1ccc(OCCC(=O)N[C@@H](CC(=O)O)C(=O)O)cc1. The molecule has 0 heterocycles. The molecule has 0 spiro atoms. The van der Waals surface area contributed by atoms with Crippen molar-refractivity contribution in [1.82, 2.24) is 5.32 Å². The van der Waals surface area contributed by atoms with Crippen molar-refractivity contribution in [3.8, 4) is 5.75 Å². The van der Waals surface area contributed by atoms with Crippen LogP contribution in [0.25, 0.3) is 0 Å². The van der Waals surface area contributed by atoms with E-state index < -0.39 is 30.3 Å². The maximum Gasteiger partial charge on any atom is 0.326 e. The van der Waals surface area contributed by atoms with Gasteiger partial charge >= 0.3 is 11.9 Å². The van der Waals surface area contributed by atoms with Crippen LogP contribution in [-0.2, 0) is 14.4 Å². The molecule has 7 heteroatoms. The second-order valence-electron chi connectivity index (χ2n) is 4.47. The molecule has 7 nitrogen and oxygen atoms in total. The topological polar surface area (TPSA) is 113 Å². The van der Waals surface area contributed by atoms with Crippen LogP contribution in [-0.4, -0.2) is 40.7 Å². The summed E-state index contributed by atoms with van der Waals surface area (Å²) >= 11 is 0. The van der Waals surface area contributed by atoms with Crippen molar-refractivity contribution in [1.29, 1.82) is 0 Å². The highest BCUT2D eigenvalue weighted by atomic mass is 16.5. The summed E-state index contributed by atoms with van der Waals surface area (Å²) in [5.74, 6) is -2.65. The van der Waals surface area contributed by atoms with E-state index in [1.807, 2.05) is 19.1 Å². The molecule has 1 amide bonds. The minimum atomic E-state index is -1.44. The van der Waals surface area contributed by atoms with Crippen molar-refractivity contribution < 1.29 is 29.3 Å². The number of benzene rings is 1. The van der Waals surface area contributed by atoms with Gasteiger partial charge in [0, 0.05) is 0 Å². The number of aliphatic carboxylic acids is 2. The van der Waals surface area contributed by atoms with Gasteiger partial charge < -0.3 is 20.3 Å². The number of ether oxygens (including phenoxy) is 1. The standard InChI is InChI=1S/C14H17NO6/c1-9-2-4-10(5-3-9)21-7-6-12(16)15-11(14(19)20)8-13(17)18/h2-5,11H,6-8H2,1H3,(H,15,16)(H,17,18)(H,19,20)/t11-/m0/s1. The van der Waals surface area contributed by atoms with E-state index in [0.717, 1.165) is 5.56 Å². The highest BCUT2D eigenvalue weighted by Crippen LogP contribution is 2.11. The van der Waals surface area contributed by atoms with Crippen LogP contribution in [0.15, 0.2) is 24.3 Å². The molecule has 1 aromatic carbocycles. The maximum absolute atomic E-state index is 11.5. The summed E-state index contributed by atoms with van der Waals surface area (Å²) in [5.41, 5.74) is 1.08. The molecule has 0 saturated heterocycles. The molecule has 0 unspecified atom stereocenters. The quantitative estimate of drug-likeness (QED) is 0.654. The molecule has 21 heavy (non-hydrogen) atoms. The summed E-state index contributed by atoms with van der Waals surface area (Å²) in [4.78, 5) is 32.8. The predicted molar refractivity (Wildman–Crippen MR) is 73.1 cm³/mol. The molecule has 0 fully saturated rings. The predicted octanol–water partition coefficient (Wildman–Crippen LogP) is 0.808. The first-order valence-corrected chi connectivity index (χ1v) is 6.32. The molecule has 1 aromatic rings. The van der Waals surface area contributed by atoms with Gasteiger partial charge in [0.2, 0.25) is 5.91 Å². The van der Waals surface area contributed by atoms with Crippen molar-refractivity contribution in [3.05, 3.63) is 29.8 Å². The molecule has 0 aliphatic heterocycles. The molecule has 0 aliphatic carbocycles. The first-order valence-electron chi connectivity index (χ1n) is 6.32. The normalized spacial score (nSPS) is 11.5. The van der Waals surface area contributed by atoms with Crippen LogP contribution in [0, 0.1) is 6.92 Å². The second kappa shape index (κ2) is 7.88. The fraction of sp³-hybridized carbons (Fsp3) is 0.357. The van der Waals surface area contributed by atoms with Gasteiger partial charge in [0.05, 0.1) is 19.4 Å². The van der Waals surface area contributed by atoms with Gasteiger partial charge in [-0.3, -0.25) is 9.59 Å². The van der Waals surface area contributed by atoms with E-state index in [1.54, 1.807) is 12.1 Å². The fourth-order valence-electron chi connectivity index (χ4n) is 1.54.